The molecule has 0 unspecified atom stereocenters. The van der Waals surface area contributed by atoms with Crippen molar-refractivity contribution < 1.29 is 27.6 Å². The van der Waals surface area contributed by atoms with E-state index >= 15 is 0 Å². The van der Waals surface area contributed by atoms with E-state index in [4.69, 9.17) is 4.52 Å². The fourth-order valence-electron chi connectivity index (χ4n) is 2.92. The minimum atomic E-state index is -3.23. The lowest BCUT2D eigenvalue weighted by Gasteiger charge is -2.33. The molecule has 0 saturated heterocycles. The minimum Gasteiger partial charge on any atom is -0.391 e. The van der Waals surface area contributed by atoms with Crippen LogP contribution in [-0.2, 0) is 26.0 Å². The van der Waals surface area contributed by atoms with Crippen LogP contribution in [0.3, 0.4) is 0 Å². The van der Waals surface area contributed by atoms with E-state index in [1.807, 2.05) is 0 Å². The summed E-state index contributed by atoms with van der Waals surface area (Å²) < 4.78 is 27.3. The molecule has 146 valence electrons. The van der Waals surface area contributed by atoms with Crippen molar-refractivity contribution in [3.63, 3.8) is 0 Å². The maximum absolute atomic E-state index is 12.3. The van der Waals surface area contributed by atoms with Gasteiger partial charge in [-0.15, -0.1) is 0 Å². The summed E-state index contributed by atoms with van der Waals surface area (Å²) in [4.78, 5) is 24.2. The highest BCUT2D eigenvalue weighted by molar-refractivity contribution is 7.90. The molecule has 2 rings (SSSR count). The van der Waals surface area contributed by atoms with Crippen molar-refractivity contribution >= 4 is 21.7 Å². The Kier molecular flexibility index (Phi) is 6.76. The van der Waals surface area contributed by atoms with Crippen molar-refractivity contribution in [3.8, 4) is 0 Å². The number of carbonyl (C=O) groups is 2. The standard InChI is InChI=1S/C16H25N3O6S/c1-10-7-12(25-19-10)9-17-16(22)11-3-4-14(20)13(8-11)18-15(21)5-6-26(2,23)24/h7,11,13-14,20H,3-6,8-9H2,1-2H3,(H,17,22)(H,18,21)/t11-,13+,14+/m0/s1. The van der Waals surface area contributed by atoms with Crippen molar-refractivity contribution in [1.82, 2.24) is 15.8 Å². The SMILES string of the molecule is Cc1cc(CNC(=O)[C@H]2CC[C@@H](O)[C@H](NC(=O)CCS(C)(=O)=O)C2)on1. The Hall–Kier alpha value is -1.94. The number of hydrogen-bond donors (Lipinski definition) is 3. The Balaban J connectivity index is 1.83. The largest absolute Gasteiger partial charge is 0.391 e. The molecule has 1 aromatic rings. The zero-order chi connectivity index (χ0) is 19.3. The van der Waals surface area contributed by atoms with E-state index < -0.39 is 27.9 Å². The van der Waals surface area contributed by atoms with E-state index in [9.17, 15) is 23.1 Å². The van der Waals surface area contributed by atoms with Crippen LogP contribution < -0.4 is 10.6 Å². The molecule has 0 aliphatic heterocycles. The van der Waals surface area contributed by atoms with Crippen LogP contribution in [0.2, 0.25) is 0 Å². The highest BCUT2D eigenvalue weighted by atomic mass is 32.2. The lowest BCUT2D eigenvalue weighted by Crippen LogP contribution is -2.49. The van der Waals surface area contributed by atoms with Crippen LogP contribution in [0.25, 0.3) is 0 Å². The van der Waals surface area contributed by atoms with E-state index in [2.05, 4.69) is 15.8 Å². The average Bonchev–Trinajstić information content (AvgIpc) is 2.97. The first kappa shape index (κ1) is 20.4. The third-order valence-corrected chi connectivity index (χ3v) is 5.29. The molecule has 3 atom stereocenters. The molecule has 26 heavy (non-hydrogen) atoms. The van der Waals surface area contributed by atoms with Gasteiger partial charge in [0, 0.05) is 24.7 Å². The van der Waals surface area contributed by atoms with Crippen LogP contribution in [0.4, 0.5) is 0 Å². The molecule has 0 bridgehead atoms. The molecule has 1 saturated carbocycles. The van der Waals surface area contributed by atoms with Crippen molar-refractivity contribution in [1.29, 1.82) is 0 Å². The second-order valence-electron chi connectivity index (χ2n) is 6.78. The Bertz CT molecular complexity index is 745. The highest BCUT2D eigenvalue weighted by Crippen LogP contribution is 2.25. The van der Waals surface area contributed by atoms with Gasteiger partial charge >= 0.3 is 0 Å². The predicted octanol–water partition coefficient (Wildman–Crippen LogP) is -0.320. The van der Waals surface area contributed by atoms with E-state index in [0.717, 1.165) is 11.9 Å². The van der Waals surface area contributed by atoms with Crippen LogP contribution in [0.1, 0.15) is 37.1 Å². The first-order valence-electron chi connectivity index (χ1n) is 8.49. The van der Waals surface area contributed by atoms with Gasteiger partial charge in [0.25, 0.3) is 0 Å². The van der Waals surface area contributed by atoms with Gasteiger partial charge in [-0.1, -0.05) is 5.16 Å². The van der Waals surface area contributed by atoms with Gasteiger partial charge in [-0.2, -0.15) is 0 Å². The molecule has 10 heteroatoms. The Morgan fingerprint density at radius 2 is 2.12 bits per heavy atom. The summed E-state index contributed by atoms with van der Waals surface area (Å²) in [6, 6.07) is 1.16. The van der Waals surface area contributed by atoms with Gasteiger partial charge in [-0.25, -0.2) is 8.42 Å². The summed E-state index contributed by atoms with van der Waals surface area (Å²) in [6.07, 6.45) is 1.34. The summed E-state index contributed by atoms with van der Waals surface area (Å²) in [5.41, 5.74) is 0.729. The third-order valence-electron chi connectivity index (χ3n) is 4.34. The molecule has 1 aliphatic carbocycles. The van der Waals surface area contributed by atoms with Crippen molar-refractivity contribution in [2.24, 2.45) is 5.92 Å². The van der Waals surface area contributed by atoms with Gasteiger partial charge < -0.3 is 20.3 Å². The van der Waals surface area contributed by atoms with Crippen LogP contribution in [0.15, 0.2) is 10.6 Å². The average molecular weight is 387 g/mol. The van der Waals surface area contributed by atoms with Gasteiger partial charge in [0.2, 0.25) is 11.8 Å². The molecule has 2 amide bonds. The quantitative estimate of drug-likeness (QED) is 0.583. The van der Waals surface area contributed by atoms with E-state index in [-0.39, 0.29) is 30.5 Å². The predicted molar refractivity (Wildman–Crippen MR) is 92.7 cm³/mol. The molecule has 0 spiro atoms. The number of sulfone groups is 1. The lowest BCUT2D eigenvalue weighted by molar-refractivity contribution is -0.129. The molecule has 1 fully saturated rings. The summed E-state index contributed by atoms with van der Waals surface area (Å²) in [7, 11) is -3.23. The molecule has 1 aromatic heterocycles. The zero-order valence-corrected chi connectivity index (χ0v) is 15.7. The minimum absolute atomic E-state index is 0.163. The van der Waals surface area contributed by atoms with Gasteiger partial charge in [0.15, 0.2) is 5.76 Å². The Morgan fingerprint density at radius 3 is 2.73 bits per heavy atom. The zero-order valence-electron chi connectivity index (χ0n) is 14.9. The number of aliphatic hydroxyl groups excluding tert-OH is 1. The second kappa shape index (κ2) is 8.63. The van der Waals surface area contributed by atoms with Crippen LogP contribution in [-0.4, -0.2) is 54.6 Å². The lowest BCUT2D eigenvalue weighted by atomic mass is 9.83. The molecule has 1 heterocycles. The Morgan fingerprint density at radius 1 is 1.38 bits per heavy atom. The fourth-order valence-corrected chi connectivity index (χ4v) is 3.48. The van der Waals surface area contributed by atoms with Crippen molar-refractivity contribution in [3.05, 3.63) is 17.5 Å². The summed E-state index contributed by atoms with van der Waals surface area (Å²) >= 11 is 0. The number of nitrogens with one attached hydrogen (secondary N) is 2. The number of aromatic nitrogens is 1. The van der Waals surface area contributed by atoms with E-state index in [1.54, 1.807) is 13.0 Å². The van der Waals surface area contributed by atoms with Gasteiger partial charge in [-0.05, 0) is 26.2 Å². The number of aliphatic hydroxyl groups is 1. The number of aryl methyl sites for hydroxylation is 1. The van der Waals surface area contributed by atoms with Gasteiger partial charge in [0.05, 0.1) is 30.1 Å². The molecule has 9 nitrogen and oxygen atoms in total. The first-order chi connectivity index (χ1) is 12.1. The van der Waals surface area contributed by atoms with E-state index in [1.165, 1.54) is 0 Å². The van der Waals surface area contributed by atoms with Crippen molar-refractivity contribution in [2.45, 2.75) is 51.3 Å². The fraction of sp³-hybridized carbons (Fsp3) is 0.688. The molecule has 0 radical (unpaired) electrons. The molecular formula is C16H25N3O6S. The van der Waals surface area contributed by atoms with E-state index in [0.29, 0.717) is 25.0 Å². The highest BCUT2D eigenvalue weighted by Gasteiger charge is 2.33. The van der Waals surface area contributed by atoms with Crippen LogP contribution in [0.5, 0.6) is 0 Å². The number of amides is 2. The smallest absolute Gasteiger partial charge is 0.223 e. The molecule has 1 aliphatic rings. The topological polar surface area (TPSA) is 139 Å². The van der Waals surface area contributed by atoms with Crippen molar-refractivity contribution in [2.75, 3.05) is 12.0 Å². The number of nitrogens with zero attached hydrogens (tertiary/aromatic N) is 1. The number of carbonyl (C=O) groups excluding carboxylic acids is 2. The monoisotopic (exact) mass is 387 g/mol. The summed E-state index contributed by atoms with van der Waals surface area (Å²) in [5, 5.41) is 19.2. The second-order valence-corrected chi connectivity index (χ2v) is 9.04. The summed E-state index contributed by atoms with van der Waals surface area (Å²) in [6.45, 7) is 2.01. The van der Waals surface area contributed by atoms with Crippen LogP contribution in [0, 0.1) is 12.8 Å². The van der Waals surface area contributed by atoms with Gasteiger partial charge in [0.1, 0.15) is 9.84 Å². The molecule has 3 N–H and O–H groups in total. The normalized spacial score (nSPS) is 23.4. The Labute approximate surface area is 152 Å². The number of rotatable bonds is 7. The maximum Gasteiger partial charge on any atom is 0.223 e. The third kappa shape index (κ3) is 6.41. The molecule has 0 aromatic carbocycles. The summed E-state index contributed by atoms with van der Waals surface area (Å²) in [5.74, 6) is -0.665. The van der Waals surface area contributed by atoms with Gasteiger partial charge in [-0.3, -0.25) is 9.59 Å². The number of hydrogen-bond acceptors (Lipinski definition) is 7. The first-order valence-corrected chi connectivity index (χ1v) is 10.5. The molecular weight excluding hydrogens is 362 g/mol. The maximum atomic E-state index is 12.3. The van der Waals surface area contributed by atoms with Crippen LogP contribution >= 0.6 is 0 Å².